The van der Waals surface area contributed by atoms with Crippen LogP contribution in [0.3, 0.4) is 0 Å². The van der Waals surface area contributed by atoms with Crippen molar-refractivity contribution in [1.82, 2.24) is 19.5 Å². The number of carbonyl (C=O) groups excluding carboxylic acids is 1. The van der Waals surface area contributed by atoms with Crippen molar-refractivity contribution in [1.29, 1.82) is 0 Å². The molecule has 1 fully saturated rings. The van der Waals surface area contributed by atoms with Gasteiger partial charge < -0.3 is 9.32 Å². The van der Waals surface area contributed by atoms with Crippen molar-refractivity contribution in [3.05, 3.63) is 78.4 Å². The molecule has 3 aromatic heterocycles. The Labute approximate surface area is 179 Å². The molecule has 5 aromatic rings. The number of likely N-dealkylation sites (tertiary alicyclic amines) is 1. The maximum absolute atomic E-state index is 13.3. The minimum Gasteiger partial charge on any atom is -0.464 e. The molecule has 0 aliphatic carbocycles. The first kappa shape index (κ1) is 18.1. The molecule has 6 heteroatoms. The van der Waals surface area contributed by atoms with E-state index in [2.05, 4.69) is 28.4 Å². The molecule has 0 unspecified atom stereocenters. The molecule has 1 aliphatic rings. The van der Waals surface area contributed by atoms with Crippen LogP contribution in [0.2, 0.25) is 0 Å². The molecule has 6 rings (SSSR count). The molecule has 31 heavy (non-hydrogen) atoms. The number of hydrogen-bond acceptors (Lipinski definition) is 4. The van der Waals surface area contributed by atoms with E-state index in [0.717, 1.165) is 58.2 Å². The molecule has 0 saturated carbocycles. The van der Waals surface area contributed by atoms with Gasteiger partial charge in [0.25, 0.3) is 0 Å². The summed E-state index contributed by atoms with van der Waals surface area (Å²) in [7, 11) is 0. The van der Waals surface area contributed by atoms with Crippen LogP contribution in [0, 0.1) is 0 Å². The van der Waals surface area contributed by atoms with Crippen LogP contribution < -0.4 is 0 Å². The molecule has 1 atom stereocenters. The fraction of sp³-hybridized carbons (Fsp3) is 0.240. The molecule has 1 amide bonds. The Bertz CT molecular complexity index is 1420. The summed E-state index contributed by atoms with van der Waals surface area (Å²) in [4.78, 5) is 15.2. The van der Waals surface area contributed by atoms with Gasteiger partial charge in [-0.05, 0) is 41.8 Å². The second-order valence-electron chi connectivity index (χ2n) is 8.26. The van der Waals surface area contributed by atoms with Crippen LogP contribution in [0.15, 0.2) is 71.5 Å². The molecule has 1 saturated heterocycles. The van der Waals surface area contributed by atoms with Crippen molar-refractivity contribution in [3.63, 3.8) is 0 Å². The largest absolute Gasteiger partial charge is 0.464 e. The number of rotatable bonds is 3. The number of amides is 1. The first-order valence-electron chi connectivity index (χ1n) is 10.7. The van der Waals surface area contributed by atoms with Gasteiger partial charge in [-0.15, -0.1) is 10.2 Å². The third-order valence-electron chi connectivity index (χ3n) is 6.36. The van der Waals surface area contributed by atoms with E-state index < -0.39 is 0 Å². The number of fused-ring (bicyclic) bond motifs is 4. The lowest BCUT2D eigenvalue weighted by atomic mass is 9.96. The van der Waals surface area contributed by atoms with Gasteiger partial charge in [0.05, 0.1) is 12.7 Å². The van der Waals surface area contributed by atoms with Gasteiger partial charge in [-0.2, -0.15) is 0 Å². The van der Waals surface area contributed by atoms with Crippen molar-refractivity contribution in [2.24, 2.45) is 0 Å². The van der Waals surface area contributed by atoms with E-state index in [1.54, 1.807) is 6.26 Å². The quantitative estimate of drug-likeness (QED) is 0.437. The third-order valence-corrected chi connectivity index (χ3v) is 6.36. The first-order valence-corrected chi connectivity index (χ1v) is 10.7. The average molecular weight is 410 g/mol. The summed E-state index contributed by atoms with van der Waals surface area (Å²) in [5.41, 5.74) is 2.62. The SMILES string of the molecule is O=C(Cc1coc2ccc3ccccc3c12)N1CCC[C@@H](c2nnc3ccccn23)C1. The molecular weight excluding hydrogens is 388 g/mol. The summed E-state index contributed by atoms with van der Waals surface area (Å²) >= 11 is 0. The summed E-state index contributed by atoms with van der Waals surface area (Å²) in [5, 5.41) is 12.0. The molecular formula is C25H22N4O2. The van der Waals surface area contributed by atoms with Crippen molar-refractivity contribution >= 4 is 33.3 Å². The van der Waals surface area contributed by atoms with Gasteiger partial charge in [-0.25, -0.2) is 0 Å². The molecule has 0 spiro atoms. The minimum atomic E-state index is 0.133. The standard InChI is InChI=1S/C25H22N4O2/c30-23(14-19-16-31-21-11-10-17-6-1-2-8-20(17)24(19)21)28-12-5-7-18(15-28)25-27-26-22-9-3-4-13-29(22)25/h1-4,6,8-11,13,16,18H,5,7,12,14-15H2/t18-/m1/s1. The number of aromatic nitrogens is 3. The van der Waals surface area contributed by atoms with Gasteiger partial charge in [0, 0.05) is 36.2 Å². The van der Waals surface area contributed by atoms with Crippen LogP contribution in [0.4, 0.5) is 0 Å². The van der Waals surface area contributed by atoms with Gasteiger partial charge in [0.15, 0.2) is 5.65 Å². The predicted molar refractivity (Wildman–Crippen MR) is 119 cm³/mol. The summed E-state index contributed by atoms with van der Waals surface area (Å²) in [6.45, 7) is 1.45. The van der Waals surface area contributed by atoms with Crippen LogP contribution in [0.1, 0.15) is 30.1 Å². The smallest absolute Gasteiger partial charge is 0.227 e. The third kappa shape index (κ3) is 3.06. The summed E-state index contributed by atoms with van der Waals surface area (Å²) in [6.07, 6.45) is 6.05. The van der Waals surface area contributed by atoms with E-state index in [0.29, 0.717) is 13.0 Å². The summed E-state index contributed by atoms with van der Waals surface area (Å²) in [6, 6.07) is 18.2. The second kappa shape index (κ2) is 7.23. The molecule has 0 N–H and O–H groups in total. The minimum absolute atomic E-state index is 0.133. The molecule has 4 heterocycles. The molecule has 154 valence electrons. The Balaban J connectivity index is 1.27. The van der Waals surface area contributed by atoms with E-state index in [1.165, 1.54) is 0 Å². The number of pyridine rings is 1. The molecule has 1 aliphatic heterocycles. The second-order valence-corrected chi connectivity index (χ2v) is 8.26. The Morgan fingerprint density at radius 2 is 1.97 bits per heavy atom. The molecule has 6 nitrogen and oxygen atoms in total. The lowest BCUT2D eigenvalue weighted by Gasteiger charge is -2.32. The number of hydrogen-bond donors (Lipinski definition) is 0. The van der Waals surface area contributed by atoms with Gasteiger partial charge in [-0.1, -0.05) is 36.4 Å². The van der Waals surface area contributed by atoms with Crippen LogP contribution in [-0.4, -0.2) is 38.5 Å². The normalized spacial score (nSPS) is 17.0. The van der Waals surface area contributed by atoms with Crippen molar-refractivity contribution in [3.8, 4) is 0 Å². The zero-order chi connectivity index (χ0) is 20.8. The van der Waals surface area contributed by atoms with E-state index in [9.17, 15) is 4.79 Å². The Morgan fingerprint density at radius 3 is 2.94 bits per heavy atom. The van der Waals surface area contributed by atoms with Crippen molar-refractivity contribution in [2.45, 2.75) is 25.2 Å². The number of piperidine rings is 1. The van der Waals surface area contributed by atoms with E-state index in [4.69, 9.17) is 4.42 Å². The summed E-state index contributed by atoms with van der Waals surface area (Å²) in [5.74, 6) is 1.26. The van der Waals surface area contributed by atoms with Crippen LogP contribution >= 0.6 is 0 Å². The molecule has 0 radical (unpaired) electrons. The maximum atomic E-state index is 13.3. The number of benzene rings is 2. The van der Waals surface area contributed by atoms with Gasteiger partial charge in [0.1, 0.15) is 11.4 Å². The first-order chi connectivity index (χ1) is 15.3. The summed E-state index contributed by atoms with van der Waals surface area (Å²) < 4.78 is 7.82. The average Bonchev–Trinajstić information content (AvgIpc) is 3.44. The predicted octanol–water partition coefficient (Wildman–Crippen LogP) is 4.58. The highest BCUT2D eigenvalue weighted by Gasteiger charge is 2.28. The van der Waals surface area contributed by atoms with Gasteiger partial charge >= 0.3 is 0 Å². The number of furan rings is 1. The Hall–Kier alpha value is -3.67. The highest BCUT2D eigenvalue weighted by atomic mass is 16.3. The monoisotopic (exact) mass is 410 g/mol. The zero-order valence-electron chi connectivity index (χ0n) is 17.1. The van der Waals surface area contributed by atoms with Crippen molar-refractivity contribution < 1.29 is 9.21 Å². The Morgan fingerprint density at radius 1 is 1.06 bits per heavy atom. The lowest BCUT2D eigenvalue weighted by Crippen LogP contribution is -2.40. The van der Waals surface area contributed by atoms with Crippen LogP contribution in [0.5, 0.6) is 0 Å². The fourth-order valence-corrected chi connectivity index (χ4v) is 4.83. The molecule has 0 bridgehead atoms. The maximum Gasteiger partial charge on any atom is 0.227 e. The lowest BCUT2D eigenvalue weighted by molar-refractivity contribution is -0.131. The topological polar surface area (TPSA) is 63.6 Å². The number of nitrogens with zero attached hydrogens (tertiary/aromatic N) is 4. The van der Waals surface area contributed by atoms with Gasteiger partial charge in [-0.3, -0.25) is 9.20 Å². The van der Waals surface area contributed by atoms with Crippen LogP contribution in [-0.2, 0) is 11.2 Å². The van der Waals surface area contributed by atoms with E-state index in [-0.39, 0.29) is 11.8 Å². The van der Waals surface area contributed by atoms with Gasteiger partial charge in [0.2, 0.25) is 5.91 Å². The molecule has 2 aromatic carbocycles. The zero-order valence-corrected chi connectivity index (χ0v) is 17.1. The van der Waals surface area contributed by atoms with E-state index in [1.807, 2.05) is 51.9 Å². The highest BCUT2D eigenvalue weighted by molar-refractivity contribution is 6.08. The Kier molecular flexibility index (Phi) is 4.23. The van der Waals surface area contributed by atoms with E-state index >= 15 is 0 Å². The number of carbonyl (C=O) groups is 1. The van der Waals surface area contributed by atoms with Crippen molar-refractivity contribution in [2.75, 3.05) is 13.1 Å². The highest BCUT2D eigenvalue weighted by Crippen LogP contribution is 2.31. The fourth-order valence-electron chi connectivity index (χ4n) is 4.83. The van der Waals surface area contributed by atoms with Crippen LogP contribution in [0.25, 0.3) is 27.4 Å².